The van der Waals surface area contributed by atoms with Gasteiger partial charge >= 0.3 is 0 Å². The molecule has 15 heavy (non-hydrogen) atoms. The Bertz CT molecular complexity index is 358. The van der Waals surface area contributed by atoms with Gasteiger partial charge in [-0.2, -0.15) is 0 Å². The lowest BCUT2D eigenvalue weighted by atomic mass is 10.2. The van der Waals surface area contributed by atoms with Crippen LogP contribution in [0, 0.1) is 0 Å². The first kappa shape index (κ1) is 11.3. The van der Waals surface area contributed by atoms with Crippen LogP contribution in [0.1, 0.15) is 30.0 Å². The average Bonchev–Trinajstić information content (AvgIpc) is 2.60. The van der Waals surface area contributed by atoms with Gasteiger partial charge in [0.15, 0.2) is 17.9 Å². The number of carbonyl (C=O) groups is 2. The zero-order chi connectivity index (χ0) is 11.3. The Morgan fingerprint density at radius 3 is 2.87 bits per heavy atom. The molecule has 1 aromatic rings. The highest BCUT2D eigenvalue weighted by Gasteiger charge is 2.08. The number of amides is 1. The third-order valence-electron chi connectivity index (χ3n) is 1.91. The van der Waals surface area contributed by atoms with Crippen molar-refractivity contribution < 1.29 is 14.0 Å². The van der Waals surface area contributed by atoms with E-state index < -0.39 is 0 Å². The van der Waals surface area contributed by atoms with Gasteiger partial charge in [0.2, 0.25) is 5.91 Å². The third-order valence-corrected chi connectivity index (χ3v) is 1.91. The summed E-state index contributed by atoms with van der Waals surface area (Å²) in [4.78, 5) is 21.1. The molecule has 0 aromatic carbocycles. The molecular formula is C10H14N2O3. The zero-order valence-corrected chi connectivity index (χ0v) is 8.79. The van der Waals surface area contributed by atoms with Crippen molar-refractivity contribution in [1.82, 2.24) is 5.32 Å². The summed E-state index contributed by atoms with van der Waals surface area (Å²) in [5.74, 6) is 0.702. The van der Waals surface area contributed by atoms with E-state index in [2.05, 4.69) is 10.6 Å². The lowest BCUT2D eigenvalue weighted by molar-refractivity contribution is -0.118. The van der Waals surface area contributed by atoms with Crippen molar-refractivity contribution in [3.8, 4) is 0 Å². The highest BCUT2D eigenvalue weighted by molar-refractivity contribution is 5.74. The molecule has 0 bridgehead atoms. The molecule has 1 amide bonds. The molecular weight excluding hydrogens is 196 g/mol. The Hall–Kier alpha value is -1.78. The van der Waals surface area contributed by atoms with E-state index in [1.807, 2.05) is 6.92 Å². The Balaban J connectivity index is 2.62. The van der Waals surface area contributed by atoms with Crippen molar-refractivity contribution in [3.05, 3.63) is 17.4 Å². The number of nitrogens with one attached hydrogen (secondary N) is 2. The van der Waals surface area contributed by atoms with E-state index in [0.717, 1.165) is 12.0 Å². The fourth-order valence-electron chi connectivity index (χ4n) is 1.17. The molecule has 1 aromatic heterocycles. The van der Waals surface area contributed by atoms with Crippen LogP contribution in [0.5, 0.6) is 0 Å². The monoisotopic (exact) mass is 210 g/mol. The van der Waals surface area contributed by atoms with Gasteiger partial charge in [0, 0.05) is 12.5 Å². The number of furan rings is 1. The maximum atomic E-state index is 10.6. The van der Waals surface area contributed by atoms with Crippen LogP contribution in [0.4, 0.5) is 5.88 Å². The first-order chi connectivity index (χ1) is 7.17. The highest BCUT2D eigenvalue weighted by Crippen LogP contribution is 2.20. The molecule has 0 spiro atoms. The molecule has 0 fully saturated rings. The van der Waals surface area contributed by atoms with Gasteiger partial charge in [-0.3, -0.25) is 9.59 Å². The predicted octanol–water partition coefficient (Wildman–Crippen LogP) is 1.16. The van der Waals surface area contributed by atoms with Crippen LogP contribution in [-0.4, -0.2) is 18.9 Å². The molecule has 1 heterocycles. The van der Waals surface area contributed by atoms with Crippen molar-refractivity contribution in [3.63, 3.8) is 0 Å². The van der Waals surface area contributed by atoms with Crippen LogP contribution in [0.15, 0.2) is 10.5 Å². The Labute approximate surface area is 87.8 Å². The van der Waals surface area contributed by atoms with E-state index in [9.17, 15) is 9.59 Å². The minimum atomic E-state index is -0.122. The summed E-state index contributed by atoms with van der Waals surface area (Å²) in [6, 6.07) is 1.68. The Morgan fingerprint density at radius 1 is 1.60 bits per heavy atom. The molecule has 82 valence electrons. The SMILES string of the molecule is CCc1cc(C=O)oc1NCNC(C)=O. The van der Waals surface area contributed by atoms with E-state index in [-0.39, 0.29) is 18.3 Å². The van der Waals surface area contributed by atoms with E-state index in [1.54, 1.807) is 6.07 Å². The Kier molecular flexibility index (Phi) is 3.91. The van der Waals surface area contributed by atoms with Crippen molar-refractivity contribution >= 4 is 18.1 Å². The van der Waals surface area contributed by atoms with Crippen LogP contribution in [0.2, 0.25) is 0 Å². The third kappa shape index (κ3) is 3.12. The summed E-state index contributed by atoms with van der Waals surface area (Å²) < 4.78 is 5.21. The standard InChI is InChI=1S/C10H14N2O3/c1-3-8-4-9(5-13)15-10(8)12-6-11-7(2)14/h4-5,12H,3,6H2,1-2H3,(H,11,14). The molecule has 0 aliphatic rings. The largest absolute Gasteiger partial charge is 0.438 e. The van der Waals surface area contributed by atoms with Gasteiger partial charge in [-0.15, -0.1) is 0 Å². The van der Waals surface area contributed by atoms with Gasteiger partial charge in [-0.1, -0.05) is 6.92 Å². The summed E-state index contributed by atoms with van der Waals surface area (Å²) in [6.45, 7) is 3.68. The summed E-state index contributed by atoms with van der Waals surface area (Å²) >= 11 is 0. The summed E-state index contributed by atoms with van der Waals surface area (Å²) in [5, 5.41) is 5.47. The fraction of sp³-hybridized carbons (Fsp3) is 0.400. The number of hydrogen-bond donors (Lipinski definition) is 2. The van der Waals surface area contributed by atoms with Crippen LogP contribution in [-0.2, 0) is 11.2 Å². The van der Waals surface area contributed by atoms with Crippen LogP contribution in [0.25, 0.3) is 0 Å². The van der Waals surface area contributed by atoms with Crippen molar-refractivity contribution in [1.29, 1.82) is 0 Å². The van der Waals surface area contributed by atoms with Gasteiger partial charge < -0.3 is 15.1 Å². The van der Waals surface area contributed by atoms with Gasteiger partial charge in [0.25, 0.3) is 0 Å². The first-order valence-corrected chi connectivity index (χ1v) is 4.73. The molecule has 0 saturated carbocycles. The van der Waals surface area contributed by atoms with Crippen LogP contribution in [0.3, 0.4) is 0 Å². The zero-order valence-electron chi connectivity index (χ0n) is 8.79. The highest BCUT2D eigenvalue weighted by atomic mass is 16.4. The van der Waals surface area contributed by atoms with Crippen molar-refractivity contribution in [2.45, 2.75) is 20.3 Å². The lowest BCUT2D eigenvalue weighted by Crippen LogP contribution is -2.26. The van der Waals surface area contributed by atoms with E-state index in [1.165, 1.54) is 6.92 Å². The number of carbonyl (C=O) groups excluding carboxylic acids is 2. The second-order valence-corrected chi connectivity index (χ2v) is 3.06. The van der Waals surface area contributed by atoms with Gasteiger partial charge in [0.1, 0.15) is 0 Å². The van der Waals surface area contributed by atoms with Gasteiger partial charge in [-0.05, 0) is 12.5 Å². The molecule has 0 unspecified atom stereocenters. The number of rotatable bonds is 5. The predicted molar refractivity (Wildman–Crippen MR) is 55.8 cm³/mol. The molecule has 0 radical (unpaired) electrons. The van der Waals surface area contributed by atoms with Crippen molar-refractivity contribution in [2.24, 2.45) is 0 Å². The lowest BCUT2D eigenvalue weighted by Gasteiger charge is -2.04. The van der Waals surface area contributed by atoms with Crippen LogP contribution >= 0.6 is 0 Å². The van der Waals surface area contributed by atoms with E-state index in [4.69, 9.17) is 4.42 Å². The topological polar surface area (TPSA) is 71.3 Å². The summed E-state index contributed by atoms with van der Waals surface area (Å²) in [5.41, 5.74) is 0.919. The molecule has 0 saturated heterocycles. The average molecular weight is 210 g/mol. The Morgan fingerprint density at radius 2 is 2.33 bits per heavy atom. The molecule has 0 aliphatic carbocycles. The second kappa shape index (κ2) is 5.19. The molecule has 2 N–H and O–H groups in total. The first-order valence-electron chi connectivity index (χ1n) is 4.73. The molecule has 0 atom stereocenters. The second-order valence-electron chi connectivity index (χ2n) is 3.06. The van der Waals surface area contributed by atoms with E-state index >= 15 is 0 Å². The van der Waals surface area contributed by atoms with Gasteiger partial charge in [-0.25, -0.2) is 0 Å². The number of anilines is 1. The fourth-order valence-corrected chi connectivity index (χ4v) is 1.17. The van der Waals surface area contributed by atoms with Crippen molar-refractivity contribution in [2.75, 3.05) is 12.0 Å². The minimum Gasteiger partial charge on any atom is -0.438 e. The normalized spacial score (nSPS) is 9.73. The van der Waals surface area contributed by atoms with Crippen LogP contribution < -0.4 is 10.6 Å². The smallest absolute Gasteiger partial charge is 0.218 e. The minimum absolute atomic E-state index is 0.122. The molecule has 5 heteroatoms. The quantitative estimate of drug-likeness (QED) is 0.565. The number of aryl methyl sites for hydroxylation is 1. The maximum absolute atomic E-state index is 10.6. The molecule has 5 nitrogen and oxygen atoms in total. The number of hydrogen-bond acceptors (Lipinski definition) is 4. The molecule has 0 aliphatic heterocycles. The summed E-state index contributed by atoms with van der Waals surface area (Å²) in [6.07, 6.45) is 1.42. The summed E-state index contributed by atoms with van der Waals surface area (Å²) in [7, 11) is 0. The number of aldehydes is 1. The maximum Gasteiger partial charge on any atom is 0.218 e. The van der Waals surface area contributed by atoms with E-state index in [0.29, 0.717) is 12.2 Å². The van der Waals surface area contributed by atoms with Gasteiger partial charge in [0.05, 0.1) is 6.67 Å². The molecule has 1 rings (SSSR count).